The molecule has 4 aromatic rings. The van der Waals surface area contributed by atoms with Crippen LogP contribution in [0.15, 0.2) is 52.6 Å². The molecule has 2 N–H and O–H groups in total. The Morgan fingerprint density at radius 2 is 1.97 bits per heavy atom. The van der Waals surface area contributed by atoms with Gasteiger partial charge in [0.05, 0.1) is 24.7 Å². The zero-order valence-electron chi connectivity index (χ0n) is 20.7. The Labute approximate surface area is 227 Å². The lowest BCUT2D eigenvalue weighted by Crippen LogP contribution is -2.53. The smallest absolute Gasteiger partial charge is 0.405 e. The first-order valence-corrected chi connectivity index (χ1v) is 13.0. The fourth-order valence-corrected chi connectivity index (χ4v) is 5.46. The number of fused-ring (bicyclic) bond motifs is 1. The number of carbonyl (C=O) groups is 1. The molecule has 1 saturated heterocycles. The summed E-state index contributed by atoms with van der Waals surface area (Å²) in [6, 6.07) is 9.17. The van der Waals surface area contributed by atoms with E-state index < -0.39 is 17.4 Å². The quantitative estimate of drug-likeness (QED) is 0.307. The summed E-state index contributed by atoms with van der Waals surface area (Å²) < 4.78 is 21.6. The van der Waals surface area contributed by atoms with Crippen molar-refractivity contribution in [3.05, 3.63) is 59.3 Å². The van der Waals surface area contributed by atoms with Crippen molar-refractivity contribution in [3.63, 3.8) is 0 Å². The van der Waals surface area contributed by atoms with E-state index in [1.165, 1.54) is 12.3 Å². The average molecular weight is 558 g/mol. The number of carboxylic acid groups (broad SMARTS) is 1. The highest BCUT2D eigenvalue weighted by molar-refractivity contribution is 7.99. The summed E-state index contributed by atoms with van der Waals surface area (Å²) >= 11 is 7.00. The second-order valence-corrected chi connectivity index (χ2v) is 10.6. The van der Waals surface area contributed by atoms with Gasteiger partial charge in [-0.15, -0.1) is 0 Å². The Bertz CT molecular complexity index is 1480. The van der Waals surface area contributed by atoms with Crippen molar-refractivity contribution in [1.82, 2.24) is 30.0 Å². The topological polar surface area (TPSA) is 118 Å². The fraction of sp³-hybridized carbons (Fsp3) is 0.320. The van der Waals surface area contributed by atoms with Crippen LogP contribution in [-0.2, 0) is 6.54 Å². The van der Waals surface area contributed by atoms with Crippen LogP contribution >= 0.6 is 23.4 Å². The number of aromatic nitrogens is 5. The summed E-state index contributed by atoms with van der Waals surface area (Å²) in [4.78, 5) is 26.9. The molecule has 3 aromatic heterocycles. The maximum absolute atomic E-state index is 14.6. The Kier molecular flexibility index (Phi) is 7.26. The summed E-state index contributed by atoms with van der Waals surface area (Å²) in [6.07, 6.45) is 3.36. The maximum atomic E-state index is 14.6. The van der Waals surface area contributed by atoms with Gasteiger partial charge in [-0.25, -0.2) is 28.8 Å². The van der Waals surface area contributed by atoms with Crippen LogP contribution in [0, 0.1) is 5.82 Å². The number of piperidine rings is 1. The lowest BCUT2D eigenvalue weighted by molar-refractivity contribution is 0.173. The molecule has 13 heteroatoms. The number of anilines is 1. The van der Waals surface area contributed by atoms with E-state index in [4.69, 9.17) is 31.5 Å². The van der Waals surface area contributed by atoms with Crippen LogP contribution in [0.2, 0.25) is 5.15 Å². The Hall–Kier alpha value is -3.64. The van der Waals surface area contributed by atoms with Crippen LogP contribution < -0.4 is 15.0 Å². The SMILES string of the molecule is COc1ccc(Cn2nc(Sc3ccnc(Cl)c3F)c3ncc(N4CCC(C)(NC(=O)O)CC4)nc32)cc1. The molecule has 5 rings (SSSR count). The molecule has 198 valence electrons. The van der Waals surface area contributed by atoms with Gasteiger partial charge in [-0.05, 0) is 43.5 Å². The molecule has 1 aromatic carbocycles. The molecule has 1 aliphatic rings. The predicted octanol–water partition coefficient (Wildman–Crippen LogP) is 4.85. The number of amides is 1. The summed E-state index contributed by atoms with van der Waals surface area (Å²) in [5.74, 6) is 0.797. The van der Waals surface area contributed by atoms with Crippen LogP contribution in [0.1, 0.15) is 25.3 Å². The van der Waals surface area contributed by atoms with Crippen LogP contribution in [0.5, 0.6) is 5.75 Å². The lowest BCUT2D eigenvalue weighted by atomic mass is 9.90. The molecule has 0 saturated carbocycles. The molecule has 0 spiro atoms. The normalized spacial score (nSPS) is 15.0. The van der Waals surface area contributed by atoms with Gasteiger partial charge >= 0.3 is 6.09 Å². The van der Waals surface area contributed by atoms with E-state index in [9.17, 15) is 9.18 Å². The van der Waals surface area contributed by atoms with Gasteiger partial charge in [-0.3, -0.25) is 0 Å². The number of benzene rings is 1. The standard InChI is InChI=1S/C25H25ClFN7O3S/c1-25(31-24(35)36)8-11-33(12-9-25)18-13-29-20-22(30-18)34(14-15-3-5-16(37-2)6-4-15)32-23(20)38-17-7-10-28-21(26)19(17)27/h3-7,10,13,31H,8-9,11-12,14H2,1-2H3,(H,35,36). The molecule has 0 bridgehead atoms. The molecular formula is C25H25ClFN7O3S. The van der Waals surface area contributed by atoms with Crippen molar-refractivity contribution in [3.8, 4) is 5.75 Å². The first-order chi connectivity index (χ1) is 18.2. The summed E-state index contributed by atoms with van der Waals surface area (Å²) in [5.41, 5.74) is 1.58. The molecule has 0 radical (unpaired) electrons. The number of methoxy groups -OCH3 is 1. The van der Waals surface area contributed by atoms with Gasteiger partial charge in [0.25, 0.3) is 0 Å². The van der Waals surface area contributed by atoms with E-state index >= 15 is 0 Å². The van der Waals surface area contributed by atoms with Crippen molar-refractivity contribution in [2.75, 3.05) is 25.1 Å². The van der Waals surface area contributed by atoms with Gasteiger partial charge in [-0.2, -0.15) is 5.10 Å². The fourth-order valence-electron chi connectivity index (χ4n) is 4.34. The van der Waals surface area contributed by atoms with Crippen molar-refractivity contribution >= 4 is 46.4 Å². The third-order valence-corrected chi connectivity index (χ3v) is 7.78. The molecule has 10 nitrogen and oxygen atoms in total. The molecule has 0 unspecified atom stereocenters. The highest BCUT2D eigenvalue weighted by Gasteiger charge is 2.32. The van der Waals surface area contributed by atoms with Crippen LogP contribution in [-0.4, -0.2) is 61.7 Å². The van der Waals surface area contributed by atoms with Crippen molar-refractivity contribution in [2.45, 2.75) is 41.8 Å². The van der Waals surface area contributed by atoms with E-state index in [1.807, 2.05) is 31.2 Å². The summed E-state index contributed by atoms with van der Waals surface area (Å²) in [7, 11) is 1.61. The number of ether oxygens (including phenoxy) is 1. The number of halogens is 2. The largest absolute Gasteiger partial charge is 0.497 e. The number of nitrogens with zero attached hydrogens (tertiary/aromatic N) is 6. The van der Waals surface area contributed by atoms with E-state index in [0.717, 1.165) is 23.1 Å². The average Bonchev–Trinajstić information content (AvgIpc) is 3.23. The number of pyridine rings is 1. The van der Waals surface area contributed by atoms with Crippen molar-refractivity contribution < 1.29 is 19.0 Å². The van der Waals surface area contributed by atoms with Gasteiger partial charge in [0.2, 0.25) is 0 Å². The number of hydrogen-bond acceptors (Lipinski definition) is 8. The van der Waals surface area contributed by atoms with Gasteiger partial charge in [0, 0.05) is 24.8 Å². The maximum Gasteiger partial charge on any atom is 0.405 e. The van der Waals surface area contributed by atoms with E-state index in [2.05, 4.69) is 20.2 Å². The Balaban J connectivity index is 1.48. The van der Waals surface area contributed by atoms with Crippen molar-refractivity contribution in [1.29, 1.82) is 0 Å². The minimum absolute atomic E-state index is 0.208. The molecule has 1 fully saturated rings. The molecule has 38 heavy (non-hydrogen) atoms. The first-order valence-electron chi connectivity index (χ1n) is 11.8. The highest BCUT2D eigenvalue weighted by atomic mass is 35.5. The number of nitrogens with one attached hydrogen (secondary N) is 1. The second kappa shape index (κ2) is 10.6. The van der Waals surface area contributed by atoms with E-state index in [0.29, 0.717) is 54.5 Å². The minimum Gasteiger partial charge on any atom is -0.497 e. The van der Waals surface area contributed by atoms with Gasteiger partial charge in [-0.1, -0.05) is 35.5 Å². The third-order valence-electron chi connectivity index (χ3n) is 6.51. The lowest BCUT2D eigenvalue weighted by Gasteiger charge is -2.39. The van der Waals surface area contributed by atoms with E-state index in [1.54, 1.807) is 18.0 Å². The highest BCUT2D eigenvalue weighted by Crippen LogP contribution is 2.35. The Morgan fingerprint density at radius 1 is 1.24 bits per heavy atom. The van der Waals surface area contributed by atoms with Crippen LogP contribution in [0.3, 0.4) is 0 Å². The van der Waals surface area contributed by atoms with E-state index in [-0.39, 0.29) is 10.0 Å². The zero-order chi connectivity index (χ0) is 26.9. The summed E-state index contributed by atoms with van der Waals surface area (Å²) in [6.45, 7) is 3.56. The molecule has 1 aliphatic heterocycles. The molecule has 1 amide bonds. The molecule has 4 heterocycles. The van der Waals surface area contributed by atoms with Gasteiger partial charge in [0.15, 0.2) is 21.6 Å². The molecule has 0 aliphatic carbocycles. The second-order valence-electron chi connectivity index (χ2n) is 9.21. The van der Waals surface area contributed by atoms with Gasteiger partial charge in [0.1, 0.15) is 17.1 Å². The van der Waals surface area contributed by atoms with Crippen molar-refractivity contribution in [2.24, 2.45) is 0 Å². The van der Waals surface area contributed by atoms with Crippen LogP contribution in [0.4, 0.5) is 15.0 Å². The first kappa shape index (κ1) is 26.0. The molecular weight excluding hydrogens is 533 g/mol. The summed E-state index contributed by atoms with van der Waals surface area (Å²) in [5, 5.41) is 16.8. The number of rotatable bonds is 7. The number of hydrogen-bond donors (Lipinski definition) is 2. The molecule has 0 atom stereocenters. The third kappa shape index (κ3) is 5.46. The van der Waals surface area contributed by atoms with Crippen LogP contribution in [0.25, 0.3) is 11.2 Å². The predicted molar refractivity (Wildman–Crippen MR) is 142 cm³/mol. The Morgan fingerprint density at radius 3 is 2.66 bits per heavy atom. The van der Waals surface area contributed by atoms with Gasteiger partial charge < -0.3 is 20.1 Å². The monoisotopic (exact) mass is 557 g/mol. The zero-order valence-corrected chi connectivity index (χ0v) is 22.3. The minimum atomic E-state index is -1.03.